The van der Waals surface area contributed by atoms with Crippen LogP contribution < -0.4 is 11.1 Å². The van der Waals surface area contributed by atoms with E-state index >= 15 is 0 Å². The molecule has 92 valence electrons. The van der Waals surface area contributed by atoms with Crippen molar-refractivity contribution < 1.29 is 4.79 Å². The maximum absolute atomic E-state index is 11.8. The van der Waals surface area contributed by atoms with Crippen molar-refractivity contribution in [2.75, 3.05) is 5.73 Å². The normalized spacial score (nSPS) is 10.1. The second-order valence-electron chi connectivity index (χ2n) is 3.95. The van der Waals surface area contributed by atoms with Crippen LogP contribution >= 0.6 is 0 Å². The van der Waals surface area contributed by atoms with Gasteiger partial charge >= 0.3 is 0 Å². The minimum atomic E-state index is -0.174. The van der Waals surface area contributed by atoms with Crippen molar-refractivity contribution >= 4 is 11.6 Å². The molecule has 0 spiro atoms. The number of nitrogens with one attached hydrogen (secondary N) is 1. The van der Waals surface area contributed by atoms with Crippen LogP contribution in [0.2, 0.25) is 0 Å². The molecule has 0 saturated carbocycles. The predicted octanol–water partition coefficient (Wildman–Crippen LogP) is 1.30. The van der Waals surface area contributed by atoms with E-state index in [1.54, 1.807) is 6.07 Å². The van der Waals surface area contributed by atoms with E-state index in [0.717, 1.165) is 16.8 Å². The van der Waals surface area contributed by atoms with E-state index in [0.29, 0.717) is 12.1 Å². The largest absolute Gasteiger partial charge is 0.399 e. The molecule has 5 nitrogen and oxygen atoms in total. The molecular formula is C13H14N4O. The van der Waals surface area contributed by atoms with Crippen LogP contribution in [0.15, 0.2) is 36.7 Å². The molecule has 2 aromatic rings. The van der Waals surface area contributed by atoms with E-state index in [4.69, 9.17) is 5.73 Å². The summed E-state index contributed by atoms with van der Waals surface area (Å²) in [6.45, 7) is 2.38. The third kappa shape index (κ3) is 2.63. The number of amides is 1. The quantitative estimate of drug-likeness (QED) is 0.795. The number of nitrogens with zero attached hydrogens (tertiary/aromatic N) is 2. The minimum Gasteiger partial charge on any atom is -0.399 e. The van der Waals surface area contributed by atoms with Crippen molar-refractivity contribution in [1.82, 2.24) is 15.5 Å². The zero-order chi connectivity index (χ0) is 13.0. The highest BCUT2D eigenvalue weighted by molar-refractivity contribution is 5.93. The van der Waals surface area contributed by atoms with Gasteiger partial charge in [0.25, 0.3) is 5.91 Å². The van der Waals surface area contributed by atoms with Crippen LogP contribution in [0, 0.1) is 6.92 Å². The lowest BCUT2D eigenvalue weighted by molar-refractivity contribution is 0.0950. The van der Waals surface area contributed by atoms with Gasteiger partial charge in [-0.2, -0.15) is 10.2 Å². The van der Waals surface area contributed by atoms with Crippen LogP contribution in [0.1, 0.15) is 21.5 Å². The summed E-state index contributed by atoms with van der Waals surface area (Å²) in [6, 6.07) is 7.27. The number of carbonyl (C=O) groups excluding carboxylic acids is 1. The van der Waals surface area contributed by atoms with Crippen molar-refractivity contribution in [3.05, 3.63) is 53.3 Å². The van der Waals surface area contributed by atoms with Crippen molar-refractivity contribution in [3.8, 4) is 0 Å². The third-order valence-electron chi connectivity index (χ3n) is 2.77. The lowest BCUT2D eigenvalue weighted by Crippen LogP contribution is -2.23. The summed E-state index contributed by atoms with van der Waals surface area (Å²) in [4.78, 5) is 11.8. The molecule has 3 N–H and O–H groups in total. The Balaban J connectivity index is 2.04. The monoisotopic (exact) mass is 242 g/mol. The van der Waals surface area contributed by atoms with Crippen LogP contribution in [0.4, 0.5) is 5.69 Å². The van der Waals surface area contributed by atoms with Gasteiger partial charge in [0, 0.05) is 12.2 Å². The molecule has 0 bridgehead atoms. The van der Waals surface area contributed by atoms with E-state index in [1.165, 1.54) is 12.4 Å². The summed E-state index contributed by atoms with van der Waals surface area (Å²) >= 11 is 0. The van der Waals surface area contributed by atoms with Crippen molar-refractivity contribution in [2.45, 2.75) is 13.5 Å². The Bertz CT molecular complexity index is 554. The van der Waals surface area contributed by atoms with Gasteiger partial charge in [-0.25, -0.2) is 0 Å². The van der Waals surface area contributed by atoms with Gasteiger partial charge in [0.05, 0.1) is 18.0 Å². The number of nitrogens with two attached hydrogens (primary N) is 1. The minimum absolute atomic E-state index is 0.174. The molecular weight excluding hydrogens is 228 g/mol. The Morgan fingerprint density at radius 3 is 2.89 bits per heavy atom. The van der Waals surface area contributed by atoms with Gasteiger partial charge in [-0.1, -0.05) is 12.1 Å². The first-order valence-corrected chi connectivity index (χ1v) is 5.57. The molecule has 0 aliphatic heterocycles. The number of aromatic nitrogens is 2. The Labute approximate surface area is 105 Å². The van der Waals surface area contributed by atoms with Gasteiger partial charge in [-0.15, -0.1) is 0 Å². The molecule has 0 radical (unpaired) electrons. The molecule has 18 heavy (non-hydrogen) atoms. The second-order valence-corrected chi connectivity index (χ2v) is 3.95. The standard InChI is InChI=1S/C13H14N4O/c1-9-10(3-2-4-12(9)14)7-15-13(18)11-5-6-16-17-8-11/h2-6,8H,7,14H2,1H3,(H,15,18). The van der Waals surface area contributed by atoms with E-state index in [1.807, 2.05) is 25.1 Å². The van der Waals surface area contributed by atoms with Crippen LogP contribution in [0.5, 0.6) is 0 Å². The molecule has 5 heteroatoms. The molecule has 1 aromatic carbocycles. The maximum Gasteiger partial charge on any atom is 0.253 e. The number of anilines is 1. The van der Waals surface area contributed by atoms with Gasteiger partial charge in [0.2, 0.25) is 0 Å². The second kappa shape index (κ2) is 5.27. The Morgan fingerprint density at radius 1 is 1.33 bits per heavy atom. The van der Waals surface area contributed by atoms with E-state index in [-0.39, 0.29) is 5.91 Å². The van der Waals surface area contributed by atoms with Crippen LogP contribution in [0.25, 0.3) is 0 Å². The van der Waals surface area contributed by atoms with E-state index in [9.17, 15) is 4.79 Å². The molecule has 0 aliphatic carbocycles. The number of rotatable bonds is 3. The van der Waals surface area contributed by atoms with Gasteiger partial charge in [-0.3, -0.25) is 4.79 Å². The summed E-state index contributed by atoms with van der Waals surface area (Å²) in [7, 11) is 0. The highest BCUT2D eigenvalue weighted by Crippen LogP contribution is 2.15. The smallest absolute Gasteiger partial charge is 0.253 e. The average molecular weight is 242 g/mol. The number of benzene rings is 1. The van der Waals surface area contributed by atoms with Crippen LogP contribution in [-0.4, -0.2) is 16.1 Å². The lowest BCUT2D eigenvalue weighted by atomic mass is 10.1. The van der Waals surface area contributed by atoms with Gasteiger partial charge in [0.15, 0.2) is 0 Å². The molecule has 1 amide bonds. The first kappa shape index (κ1) is 12.0. The summed E-state index contributed by atoms with van der Waals surface area (Å²) in [5, 5.41) is 10.1. The highest BCUT2D eigenvalue weighted by atomic mass is 16.1. The Hall–Kier alpha value is -2.43. The van der Waals surface area contributed by atoms with Crippen LogP contribution in [0.3, 0.4) is 0 Å². The maximum atomic E-state index is 11.8. The van der Waals surface area contributed by atoms with Gasteiger partial charge in [0.1, 0.15) is 0 Å². The predicted molar refractivity (Wildman–Crippen MR) is 68.8 cm³/mol. The number of nitrogen functional groups attached to an aromatic ring is 1. The summed E-state index contributed by atoms with van der Waals surface area (Å²) in [5.74, 6) is -0.174. The van der Waals surface area contributed by atoms with E-state index in [2.05, 4.69) is 15.5 Å². The lowest BCUT2D eigenvalue weighted by Gasteiger charge is -2.09. The fourth-order valence-electron chi connectivity index (χ4n) is 1.60. The van der Waals surface area contributed by atoms with Gasteiger partial charge in [-0.05, 0) is 30.2 Å². The van der Waals surface area contributed by atoms with Crippen molar-refractivity contribution in [2.24, 2.45) is 0 Å². The first-order valence-electron chi connectivity index (χ1n) is 5.57. The molecule has 1 heterocycles. The fourth-order valence-corrected chi connectivity index (χ4v) is 1.60. The molecule has 1 aromatic heterocycles. The topological polar surface area (TPSA) is 80.9 Å². The van der Waals surface area contributed by atoms with Gasteiger partial charge < -0.3 is 11.1 Å². The zero-order valence-corrected chi connectivity index (χ0v) is 10.1. The summed E-state index contributed by atoms with van der Waals surface area (Å²) in [6.07, 6.45) is 2.92. The Kier molecular flexibility index (Phi) is 3.52. The van der Waals surface area contributed by atoms with E-state index < -0.39 is 0 Å². The summed E-state index contributed by atoms with van der Waals surface area (Å²) in [5.41, 5.74) is 9.02. The van der Waals surface area contributed by atoms with Crippen molar-refractivity contribution in [3.63, 3.8) is 0 Å². The van der Waals surface area contributed by atoms with Crippen LogP contribution in [-0.2, 0) is 6.54 Å². The molecule has 0 atom stereocenters. The highest BCUT2D eigenvalue weighted by Gasteiger charge is 2.06. The third-order valence-corrected chi connectivity index (χ3v) is 2.77. The molecule has 0 aliphatic rings. The molecule has 0 saturated heterocycles. The molecule has 0 unspecified atom stereocenters. The summed E-state index contributed by atoms with van der Waals surface area (Å²) < 4.78 is 0. The SMILES string of the molecule is Cc1c(N)cccc1CNC(=O)c1ccnnc1. The molecule has 2 rings (SSSR count). The van der Waals surface area contributed by atoms with Crippen molar-refractivity contribution in [1.29, 1.82) is 0 Å². The average Bonchev–Trinajstić information content (AvgIpc) is 2.41. The molecule has 0 fully saturated rings. The number of hydrogen-bond donors (Lipinski definition) is 2. The number of hydrogen-bond acceptors (Lipinski definition) is 4. The first-order chi connectivity index (χ1) is 8.68. The zero-order valence-electron chi connectivity index (χ0n) is 10.1. The Morgan fingerprint density at radius 2 is 2.17 bits per heavy atom. The number of carbonyl (C=O) groups is 1. The fraction of sp³-hybridized carbons (Fsp3) is 0.154.